The van der Waals surface area contributed by atoms with Crippen molar-refractivity contribution in [2.45, 2.75) is 64.2 Å². The summed E-state index contributed by atoms with van der Waals surface area (Å²) in [5, 5.41) is 0. The number of hydrogen-bond acceptors (Lipinski definition) is 2. The second-order valence-electron chi connectivity index (χ2n) is 17.7. The quantitative estimate of drug-likeness (QED) is 0.164. The maximum absolute atomic E-state index is 2.59. The van der Waals surface area contributed by atoms with Crippen LogP contribution in [-0.4, -0.2) is 6.71 Å². The van der Waals surface area contributed by atoms with E-state index in [1.54, 1.807) is 0 Å². The van der Waals surface area contributed by atoms with Crippen LogP contribution in [0.4, 0.5) is 34.1 Å². The summed E-state index contributed by atoms with van der Waals surface area (Å²) in [6, 6.07) is 61.2. The summed E-state index contributed by atoms with van der Waals surface area (Å²) in [6.07, 6.45) is 1.14. The molecule has 0 amide bonds. The van der Waals surface area contributed by atoms with Crippen molar-refractivity contribution < 1.29 is 0 Å². The summed E-state index contributed by atoms with van der Waals surface area (Å²) in [5.41, 5.74) is 19.6. The minimum Gasteiger partial charge on any atom is -0.311 e. The lowest BCUT2D eigenvalue weighted by Crippen LogP contribution is -2.64. The fourth-order valence-electron chi connectivity index (χ4n) is 10.6. The molecule has 1 aliphatic carbocycles. The Bertz CT molecular complexity index is 2570. The van der Waals surface area contributed by atoms with Crippen molar-refractivity contribution in [3.63, 3.8) is 0 Å². The van der Waals surface area contributed by atoms with E-state index in [9.17, 15) is 0 Å². The molecule has 2 aliphatic heterocycles. The molecule has 0 spiro atoms. The van der Waals surface area contributed by atoms with Gasteiger partial charge < -0.3 is 9.80 Å². The topological polar surface area (TPSA) is 6.48 Å². The SMILES string of the molecule is CC1(C)CC(C)(C)c2cc(N3c4cc(N(c5ccccc5)c5ccccc5)ccc4B4c5ccc(-c6ccccc6)cc5C(C)(C)c5cccc3c54)ccc21. The molecule has 0 aromatic heterocycles. The largest absolute Gasteiger partial charge is 0.311 e. The van der Waals surface area contributed by atoms with Crippen molar-refractivity contribution in [2.75, 3.05) is 9.80 Å². The smallest absolute Gasteiger partial charge is 0.247 e. The Labute approximate surface area is 327 Å². The molecule has 55 heavy (non-hydrogen) atoms. The highest BCUT2D eigenvalue weighted by atomic mass is 15.2. The van der Waals surface area contributed by atoms with E-state index in [2.05, 4.69) is 215 Å². The van der Waals surface area contributed by atoms with Gasteiger partial charge in [0, 0.05) is 39.5 Å². The molecule has 0 bridgehead atoms. The van der Waals surface area contributed by atoms with Crippen LogP contribution in [0.25, 0.3) is 11.1 Å². The molecule has 0 saturated heterocycles. The molecule has 2 heterocycles. The van der Waals surface area contributed by atoms with Gasteiger partial charge in [0.15, 0.2) is 0 Å². The highest BCUT2D eigenvalue weighted by Gasteiger charge is 2.47. The van der Waals surface area contributed by atoms with Crippen LogP contribution >= 0.6 is 0 Å². The molecule has 0 radical (unpaired) electrons. The zero-order valence-electron chi connectivity index (χ0n) is 32.8. The van der Waals surface area contributed by atoms with Gasteiger partial charge in [-0.05, 0) is 116 Å². The van der Waals surface area contributed by atoms with Crippen LogP contribution < -0.4 is 26.2 Å². The maximum atomic E-state index is 2.59. The number of para-hydroxylation sites is 2. The molecule has 0 saturated carbocycles. The van der Waals surface area contributed by atoms with Crippen molar-refractivity contribution in [1.82, 2.24) is 0 Å². The van der Waals surface area contributed by atoms with Crippen molar-refractivity contribution in [2.24, 2.45) is 0 Å². The van der Waals surface area contributed by atoms with Gasteiger partial charge in [0.05, 0.1) is 0 Å². The Morgan fingerprint density at radius 2 is 1.09 bits per heavy atom. The van der Waals surface area contributed by atoms with Crippen molar-refractivity contribution in [3.8, 4) is 11.1 Å². The molecule has 0 N–H and O–H groups in total. The standard InChI is InChI=1S/C52H47BN2/c1-50(2)34-51(3,4)43-32-39(26-28-41(43)50)55-47-24-16-23-42-49(47)53(45-29-25-36(31-44(45)52(42,5)6)35-17-10-7-11-18-35)46-30-27-40(33-48(46)55)54(37-19-12-8-13-20-37)38-21-14-9-15-22-38/h7-33H,34H2,1-6H3. The second-order valence-corrected chi connectivity index (χ2v) is 17.7. The minimum absolute atomic E-state index is 0.0861. The second kappa shape index (κ2) is 12.1. The lowest BCUT2D eigenvalue weighted by molar-refractivity contribution is 0.403. The van der Waals surface area contributed by atoms with Crippen LogP contribution in [0, 0.1) is 0 Å². The monoisotopic (exact) mass is 710 g/mol. The average molecular weight is 711 g/mol. The molecule has 0 unspecified atom stereocenters. The van der Waals surface area contributed by atoms with E-state index in [0.29, 0.717) is 0 Å². The zero-order chi connectivity index (χ0) is 37.7. The predicted molar refractivity (Wildman–Crippen MR) is 235 cm³/mol. The number of benzene rings is 7. The van der Waals surface area contributed by atoms with E-state index in [1.165, 1.54) is 66.8 Å². The molecule has 2 nitrogen and oxygen atoms in total. The first kappa shape index (κ1) is 33.7. The molecule has 10 rings (SSSR count). The molecule has 268 valence electrons. The lowest BCUT2D eigenvalue weighted by atomic mass is 9.30. The number of rotatable bonds is 5. The van der Waals surface area contributed by atoms with Crippen LogP contribution in [0.1, 0.15) is 70.2 Å². The van der Waals surface area contributed by atoms with Crippen molar-refractivity contribution in [1.29, 1.82) is 0 Å². The fourth-order valence-corrected chi connectivity index (χ4v) is 10.6. The molecular formula is C52H47BN2. The summed E-state index contributed by atoms with van der Waals surface area (Å²) in [4.78, 5) is 4.98. The van der Waals surface area contributed by atoms with Gasteiger partial charge in [0.25, 0.3) is 0 Å². The number of nitrogens with zero attached hydrogens (tertiary/aromatic N) is 2. The Balaban J connectivity index is 1.24. The third-order valence-electron chi connectivity index (χ3n) is 12.9. The van der Waals surface area contributed by atoms with Gasteiger partial charge in [-0.1, -0.05) is 156 Å². The molecule has 3 heteroatoms. The summed E-state index contributed by atoms with van der Waals surface area (Å²) in [5.74, 6) is 0. The Hall–Kier alpha value is -5.80. The van der Waals surface area contributed by atoms with E-state index in [4.69, 9.17) is 0 Å². The normalized spacial score (nSPS) is 16.5. The highest BCUT2D eigenvalue weighted by Crippen LogP contribution is 2.52. The van der Waals surface area contributed by atoms with E-state index < -0.39 is 0 Å². The van der Waals surface area contributed by atoms with Crippen molar-refractivity contribution >= 4 is 57.2 Å². The Morgan fingerprint density at radius 3 is 1.78 bits per heavy atom. The number of anilines is 6. The average Bonchev–Trinajstić information content (AvgIpc) is 3.39. The predicted octanol–water partition coefficient (Wildman–Crippen LogP) is 11.7. The number of fused-ring (bicyclic) bond motifs is 5. The van der Waals surface area contributed by atoms with Gasteiger partial charge in [-0.15, -0.1) is 0 Å². The third kappa shape index (κ3) is 5.16. The van der Waals surface area contributed by atoms with E-state index in [0.717, 1.165) is 23.5 Å². The molecule has 0 atom stereocenters. The minimum atomic E-state index is -0.188. The first-order valence-electron chi connectivity index (χ1n) is 19.9. The van der Waals surface area contributed by atoms with Crippen LogP contribution in [-0.2, 0) is 16.2 Å². The summed E-state index contributed by atoms with van der Waals surface area (Å²) in [7, 11) is 0. The van der Waals surface area contributed by atoms with Gasteiger partial charge in [-0.25, -0.2) is 0 Å². The summed E-state index contributed by atoms with van der Waals surface area (Å²) in [6.45, 7) is 14.6. The highest BCUT2D eigenvalue weighted by molar-refractivity contribution is 6.99. The first-order valence-corrected chi connectivity index (χ1v) is 19.9. The van der Waals surface area contributed by atoms with E-state index in [1.807, 2.05) is 0 Å². The third-order valence-corrected chi connectivity index (χ3v) is 12.9. The van der Waals surface area contributed by atoms with Crippen LogP contribution in [0.5, 0.6) is 0 Å². The molecule has 7 aromatic rings. The van der Waals surface area contributed by atoms with E-state index in [-0.39, 0.29) is 23.0 Å². The maximum Gasteiger partial charge on any atom is 0.247 e. The first-order chi connectivity index (χ1) is 26.5. The van der Waals surface area contributed by atoms with Gasteiger partial charge in [0.2, 0.25) is 6.71 Å². The molecule has 3 aliphatic rings. The molecule has 0 fully saturated rings. The zero-order valence-corrected chi connectivity index (χ0v) is 32.8. The van der Waals surface area contributed by atoms with Crippen LogP contribution in [0.3, 0.4) is 0 Å². The Kier molecular flexibility index (Phi) is 7.43. The van der Waals surface area contributed by atoms with Gasteiger partial charge in [-0.3, -0.25) is 0 Å². The number of hydrogen-bond donors (Lipinski definition) is 0. The summed E-state index contributed by atoms with van der Waals surface area (Å²) >= 11 is 0. The fraction of sp³-hybridized carbons (Fsp3) is 0.192. The van der Waals surface area contributed by atoms with Gasteiger partial charge in [0.1, 0.15) is 0 Å². The lowest BCUT2D eigenvalue weighted by Gasteiger charge is -2.46. The van der Waals surface area contributed by atoms with Gasteiger partial charge >= 0.3 is 0 Å². The van der Waals surface area contributed by atoms with E-state index >= 15 is 0 Å². The van der Waals surface area contributed by atoms with Crippen molar-refractivity contribution in [3.05, 3.63) is 186 Å². The van der Waals surface area contributed by atoms with Crippen LogP contribution in [0.2, 0.25) is 0 Å². The van der Waals surface area contributed by atoms with Crippen LogP contribution in [0.15, 0.2) is 164 Å². The molecular weight excluding hydrogens is 663 g/mol. The van der Waals surface area contributed by atoms with Gasteiger partial charge in [-0.2, -0.15) is 0 Å². The Morgan fingerprint density at radius 1 is 0.455 bits per heavy atom. The molecule has 7 aromatic carbocycles. The summed E-state index contributed by atoms with van der Waals surface area (Å²) < 4.78 is 0.